The van der Waals surface area contributed by atoms with Gasteiger partial charge < -0.3 is 10.1 Å². The summed E-state index contributed by atoms with van der Waals surface area (Å²) >= 11 is 0. The van der Waals surface area contributed by atoms with Gasteiger partial charge in [0, 0.05) is 18.4 Å². The number of benzene rings is 2. The van der Waals surface area contributed by atoms with E-state index in [9.17, 15) is 9.59 Å². The van der Waals surface area contributed by atoms with E-state index < -0.39 is 0 Å². The van der Waals surface area contributed by atoms with Crippen molar-refractivity contribution in [3.8, 4) is 5.75 Å². The van der Waals surface area contributed by atoms with Crippen molar-refractivity contribution in [2.45, 2.75) is 26.2 Å². The Morgan fingerprint density at radius 3 is 2.60 bits per heavy atom. The summed E-state index contributed by atoms with van der Waals surface area (Å²) in [4.78, 5) is 23.8. The molecule has 0 aliphatic carbocycles. The number of Topliss-reactive ketones (excluding diaryl/α,β-unsaturated/α-hetero) is 1. The molecule has 5 heteroatoms. The Balaban J connectivity index is 1.92. The van der Waals surface area contributed by atoms with E-state index in [2.05, 4.69) is 5.32 Å². The first kappa shape index (κ1) is 18.8. The molecule has 0 fully saturated rings. The number of nitrogens with one attached hydrogen (secondary N) is 1. The molecule has 0 aromatic heterocycles. The second-order valence-corrected chi connectivity index (χ2v) is 5.80. The van der Waals surface area contributed by atoms with Crippen LogP contribution in [0.25, 0.3) is 0 Å². The summed E-state index contributed by atoms with van der Waals surface area (Å²) in [6.45, 7) is 2.45. The minimum absolute atomic E-state index is 0.00434. The predicted molar refractivity (Wildman–Crippen MR) is 99.7 cm³/mol. The van der Waals surface area contributed by atoms with Gasteiger partial charge in [-0.3, -0.25) is 9.59 Å². The van der Waals surface area contributed by atoms with Gasteiger partial charge in [0.05, 0.1) is 13.2 Å². The van der Waals surface area contributed by atoms with E-state index in [0.29, 0.717) is 29.8 Å². The van der Waals surface area contributed by atoms with E-state index in [-0.39, 0.29) is 18.2 Å². The highest BCUT2D eigenvalue weighted by Gasteiger charge is 2.11. The quantitative estimate of drug-likeness (QED) is 0.715. The van der Waals surface area contributed by atoms with Crippen LogP contribution in [0.2, 0.25) is 0 Å². The monoisotopic (exact) mass is 335 g/mol. The van der Waals surface area contributed by atoms with Crippen LogP contribution in [0, 0.1) is 0 Å². The number of ether oxygens (including phenoxy) is 1. The molecule has 0 spiro atoms. The molecule has 2 rings (SSSR count). The summed E-state index contributed by atoms with van der Waals surface area (Å²) in [7, 11) is 5.87. The summed E-state index contributed by atoms with van der Waals surface area (Å²) in [5, 5.41) is 2.61. The number of carbonyl (C=O) groups is 2. The maximum absolute atomic E-state index is 12.2. The standard InChI is InChI=1S/C20H22BNO3/c1-2-6-16(23)14-22-20(24)18-13-17(9-10-19(18)21)25-12-11-15-7-4-3-5-8-15/h3-5,7-10,13H,2,6,11-12,14H2,1H3,(H,22,24). The lowest BCUT2D eigenvalue weighted by molar-refractivity contribution is -0.118. The van der Waals surface area contributed by atoms with Crippen molar-refractivity contribution in [1.29, 1.82) is 0 Å². The van der Waals surface area contributed by atoms with Gasteiger partial charge in [-0.2, -0.15) is 0 Å². The molecule has 0 atom stereocenters. The van der Waals surface area contributed by atoms with E-state index in [1.165, 1.54) is 5.56 Å². The lowest BCUT2D eigenvalue weighted by Crippen LogP contribution is -2.32. The van der Waals surface area contributed by atoms with Crippen LogP contribution in [0.5, 0.6) is 5.75 Å². The second kappa shape index (κ2) is 9.67. The van der Waals surface area contributed by atoms with Gasteiger partial charge in [0.1, 0.15) is 13.6 Å². The number of ketones is 1. The predicted octanol–water partition coefficient (Wildman–Crippen LogP) is 2.20. The minimum atomic E-state index is -0.365. The summed E-state index contributed by atoms with van der Waals surface area (Å²) in [6, 6.07) is 15.0. The molecule has 4 nitrogen and oxygen atoms in total. The maximum atomic E-state index is 12.2. The Hall–Kier alpha value is -2.56. The number of carbonyl (C=O) groups excluding carboxylic acids is 2. The van der Waals surface area contributed by atoms with Gasteiger partial charge >= 0.3 is 0 Å². The fourth-order valence-electron chi connectivity index (χ4n) is 2.39. The van der Waals surface area contributed by atoms with Gasteiger partial charge in [0.25, 0.3) is 5.91 Å². The third kappa shape index (κ3) is 6.10. The molecule has 1 N–H and O–H groups in total. The highest BCUT2D eigenvalue weighted by atomic mass is 16.5. The lowest BCUT2D eigenvalue weighted by Gasteiger charge is -2.11. The Morgan fingerprint density at radius 2 is 1.88 bits per heavy atom. The number of amides is 1. The Bertz CT molecular complexity index is 716. The van der Waals surface area contributed by atoms with E-state index in [1.807, 2.05) is 37.3 Å². The minimum Gasteiger partial charge on any atom is -0.493 e. The highest BCUT2D eigenvalue weighted by molar-refractivity contribution is 6.36. The second-order valence-electron chi connectivity index (χ2n) is 5.80. The lowest BCUT2D eigenvalue weighted by atomic mass is 9.90. The molecule has 2 aromatic rings. The van der Waals surface area contributed by atoms with Crippen LogP contribution in [0.4, 0.5) is 0 Å². The molecule has 0 heterocycles. The van der Waals surface area contributed by atoms with Crippen LogP contribution in [0.1, 0.15) is 35.7 Å². The molecule has 0 saturated heterocycles. The van der Waals surface area contributed by atoms with Crippen molar-refractivity contribution in [1.82, 2.24) is 5.32 Å². The normalized spacial score (nSPS) is 10.3. The van der Waals surface area contributed by atoms with E-state index in [4.69, 9.17) is 12.6 Å². The Morgan fingerprint density at radius 1 is 1.12 bits per heavy atom. The van der Waals surface area contributed by atoms with Crippen LogP contribution in [0.3, 0.4) is 0 Å². The SMILES string of the molecule is [B]c1ccc(OCCc2ccccc2)cc1C(=O)NCC(=O)CCC. The fourth-order valence-corrected chi connectivity index (χ4v) is 2.39. The summed E-state index contributed by atoms with van der Waals surface area (Å²) in [5.74, 6) is 0.218. The Labute approximate surface area is 150 Å². The number of rotatable bonds is 9. The van der Waals surface area contributed by atoms with Crippen molar-refractivity contribution in [3.63, 3.8) is 0 Å². The highest BCUT2D eigenvalue weighted by Crippen LogP contribution is 2.12. The molecular weight excluding hydrogens is 313 g/mol. The first-order valence-electron chi connectivity index (χ1n) is 8.46. The first-order valence-corrected chi connectivity index (χ1v) is 8.46. The maximum Gasteiger partial charge on any atom is 0.251 e. The average molecular weight is 335 g/mol. The van der Waals surface area contributed by atoms with Gasteiger partial charge in [0.2, 0.25) is 0 Å². The van der Waals surface area contributed by atoms with Crippen molar-refractivity contribution in [2.75, 3.05) is 13.2 Å². The molecule has 2 radical (unpaired) electrons. The summed E-state index contributed by atoms with van der Waals surface area (Å²) in [6.07, 6.45) is 2.00. The zero-order valence-corrected chi connectivity index (χ0v) is 14.5. The van der Waals surface area contributed by atoms with Crippen molar-refractivity contribution < 1.29 is 14.3 Å². The number of hydrogen-bond acceptors (Lipinski definition) is 3. The first-order chi connectivity index (χ1) is 12.1. The summed E-state index contributed by atoms with van der Waals surface area (Å²) in [5.41, 5.74) is 1.86. The van der Waals surface area contributed by atoms with Crippen molar-refractivity contribution >= 4 is 25.0 Å². The zero-order valence-electron chi connectivity index (χ0n) is 14.5. The van der Waals surface area contributed by atoms with Crippen LogP contribution in [-0.4, -0.2) is 32.7 Å². The van der Waals surface area contributed by atoms with Gasteiger partial charge in [-0.05, 0) is 24.1 Å². The smallest absolute Gasteiger partial charge is 0.251 e. The molecule has 0 unspecified atom stereocenters. The van der Waals surface area contributed by atoms with Gasteiger partial charge in [-0.25, -0.2) is 0 Å². The van der Waals surface area contributed by atoms with Crippen LogP contribution >= 0.6 is 0 Å². The molecule has 25 heavy (non-hydrogen) atoms. The van der Waals surface area contributed by atoms with E-state index in [0.717, 1.165) is 12.8 Å². The van der Waals surface area contributed by atoms with Gasteiger partial charge in [0.15, 0.2) is 5.78 Å². The van der Waals surface area contributed by atoms with Crippen molar-refractivity contribution in [2.24, 2.45) is 0 Å². The molecule has 0 aliphatic rings. The number of hydrogen-bond donors (Lipinski definition) is 1. The van der Waals surface area contributed by atoms with E-state index in [1.54, 1.807) is 18.2 Å². The molecular formula is C20H22BNO3. The Kier molecular flexibility index (Phi) is 7.26. The molecule has 0 saturated carbocycles. The molecule has 1 amide bonds. The van der Waals surface area contributed by atoms with E-state index >= 15 is 0 Å². The van der Waals surface area contributed by atoms with Crippen LogP contribution in [0.15, 0.2) is 48.5 Å². The van der Waals surface area contributed by atoms with Crippen LogP contribution in [-0.2, 0) is 11.2 Å². The molecule has 2 aromatic carbocycles. The molecule has 0 aliphatic heterocycles. The van der Waals surface area contributed by atoms with Crippen LogP contribution < -0.4 is 15.5 Å². The van der Waals surface area contributed by atoms with Gasteiger partial charge in [-0.1, -0.05) is 48.8 Å². The third-order valence-electron chi connectivity index (χ3n) is 3.75. The average Bonchev–Trinajstić information content (AvgIpc) is 2.62. The topological polar surface area (TPSA) is 55.4 Å². The fraction of sp³-hybridized carbons (Fsp3) is 0.300. The third-order valence-corrected chi connectivity index (χ3v) is 3.75. The molecule has 128 valence electrons. The summed E-state index contributed by atoms with van der Waals surface area (Å²) < 4.78 is 5.72. The molecule has 0 bridgehead atoms. The van der Waals surface area contributed by atoms with Gasteiger partial charge in [-0.15, -0.1) is 0 Å². The zero-order chi connectivity index (χ0) is 18.1. The largest absolute Gasteiger partial charge is 0.493 e. The van der Waals surface area contributed by atoms with Crippen molar-refractivity contribution in [3.05, 3.63) is 59.7 Å².